The van der Waals surface area contributed by atoms with E-state index in [1.807, 2.05) is 0 Å². The zero-order chi connectivity index (χ0) is 14.7. The monoisotopic (exact) mass is 298 g/mol. The summed E-state index contributed by atoms with van der Waals surface area (Å²) in [6.45, 7) is 1.71. The van der Waals surface area contributed by atoms with Crippen LogP contribution in [0.2, 0.25) is 0 Å². The fraction of sp³-hybridized carbons (Fsp3) is 0.250. The van der Waals surface area contributed by atoms with Gasteiger partial charge in [0.2, 0.25) is 5.13 Å². The van der Waals surface area contributed by atoms with Crippen molar-refractivity contribution in [1.29, 1.82) is 0 Å². The first-order valence-corrected chi connectivity index (χ1v) is 6.62. The third kappa shape index (κ3) is 3.08. The van der Waals surface area contributed by atoms with Gasteiger partial charge in [-0.2, -0.15) is 0 Å². The molecule has 0 aliphatic rings. The van der Waals surface area contributed by atoms with Crippen LogP contribution in [0.5, 0.6) is 0 Å². The van der Waals surface area contributed by atoms with Gasteiger partial charge in [0.05, 0.1) is 6.04 Å². The summed E-state index contributed by atoms with van der Waals surface area (Å²) in [6.07, 6.45) is 0. The maximum Gasteiger partial charge on any atom is 0.323 e. The summed E-state index contributed by atoms with van der Waals surface area (Å²) >= 11 is 1.19. The summed E-state index contributed by atoms with van der Waals surface area (Å²) in [6, 6.07) is 2.74. The van der Waals surface area contributed by atoms with Gasteiger partial charge < -0.3 is 4.90 Å². The number of carbonyl (C=O) groups excluding carboxylic acids is 1. The van der Waals surface area contributed by atoms with Gasteiger partial charge in [-0.25, -0.2) is 13.6 Å². The van der Waals surface area contributed by atoms with Crippen molar-refractivity contribution in [1.82, 2.24) is 15.1 Å². The molecule has 2 aromatic rings. The molecule has 0 saturated carbocycles. The number of aromatic nitrogens is 2. The molecular weight excluding hydrogens is 286 g/mol. The molecule has 0 aliphatic heterocycles. The van der Waals surface area contributed by atoms with Crippen LogP contribution in [0.4, 0.5) is 18.7 Å². The molecule has 1 aromatic carbocycles. The van der Waals surface area contributed by atoms with Gasteiger partial charge in [0.15, 0.2) is 11.6 Å². The minimum Gasteiger partial charge on any atom is -0.321 e. The van der Waals surface area contributed by atoms with Crippen molar-refractivity contribution in [3.8, 4) is 0 Å². The lowest BCUT2D eigenvalue weighted by Gasteiger charge is -2.25. The molecule has 5 nitrogen and oxygen atoms in total. The smallest absolute Gasteiger partial charge is 0.321 e. The van der Waals surface area contributed by atoms with Gasteiger partial charge in [0.25, 0.3) is 0 Å². The molecule has 8 heteroatoms. The number of halogens is 2. The lowest BCUT2D eigenvalue weighted by Crippen LogP contribution is -2.33. The number of nitrogens with zero attached hydrogens (tertiary/aromatic N) is 3. The van der Waals surface area contributed by atoms with Crippen LogP contribution in [0.25, 0.3) is 0 Å². The normalized spacial score (nSPS) is 12.0. The number of hydrogen-bond donors (Lipinski definition) is 1. The van der Waals surface area contributed by atoms with Gasteiger partial charge in [-0.05, 0) is 24.6 Å². The molecule has 1 N–H and O–H groups in total. The van der Waals surface area contributed by atoms with Gasteiger partial charge >= 0.3 is 6.03 Å². The van der Waals surface area contributed by atoms with E-state index in [1.54, 1.807) is 14.0 Å². The first-order valence-electron chi connectivity index (χ1n) is 5.74. The zero-order valence-electron chi connectivity index (χ0n) is 10.8. The van der Waals surface area contributed by atoms with Gasteiger partial charge in [-0.1, -0.05) is 17.4 Å². The lowest BCUT2D eigenvalue weighted by molar-refractivity contribution is 0.208. The summed E-state index contributed by atoms with van der Waals surface area (Å²) < 4.78 is 26.1. The van der Waals surface area contributed by atoms with Crippen LogP contribution in [0.1, 0.15) is 18.5 Å². The Labute approximate surface area is 118 Å². The number of benzene rings is 1. The molecule has 0 saturated heterocycles. The van der Waals surface area contributed by atoms with Crippen molar-refractivity contribution < 1.29 is 13.6 Å². The SMILES string of the molecule is CC(c1ccc(F)c(F)c1)N(C)C(=O)Nc1nncs1. The van der Waals surface area contributed by atoms with Gasteiger partial charge in [-0.3, -0.25) is 5.32 Å². The van der Waals surface area contributed by atoms with Crippen LogP contribution in [0, 0.1) is 11.6 Å². The summed E-state index contributed by atoms with van der Waals surface area (Å²) in [4.78, 5) is 13.3. The van der Waals surface area contributed by atoms with Gasteiger partial charge in [0, 0.05) is 7.05 Å². The molecular formula is C12H12F2N4OS. The second-order valence-electron chi connectivity index (χ2n) is 4.13. The molecule has 1 heterocycles. The molecule has 0 radical (unpaired) electrons. The van der Waals surface area contributed by atoms with E-state index in [1.165, 1.54) is 27.8 Å². The third-order valence-corrected chi connectivity index (χ3v) is 3.51. The van der Waals surface area contributed by atoms with E-state index in [4.69, 9.17) is 0 Å². The third-order valence-electron chi connectivity index (χ3n) is 2.90. The van der Waals surface area contributed by atoms with Crippen LogP contribution in [0.3, 0.4) is 0 Å². The second kappa shape index (κ2) is 5.91. The molecule has 1 aromatic heterocycles. The van der Waals surface area contributed by atoms with Crippen molar-refractivity contribution >= 4 is 22.5 Å². The van der Waals surface area contributed by atoms with E-state index in [9.17, 15) is 13.6 Å². The fourth-order valence-electron chi connectivity index (χ4n) is 1.58. The predicted octanol–water partition coefficient (Wildman–Crippen LogP) is 3.04. The summed E-state index contributed by atoms with van der Waals surface area (Å²) in [5.41, 5.74) is 1.99. The topological polar surface area (TPSA) is 58.1 Å². The first-order chi connectivity index (χ1) is 9.49. The quantitative estimate of drug-likeness (QED) is 0.947. The molecule has 1 atom stereocenters. The standard InChI is InChI=1S/C12H12F2N4OS/c1-7(8-3-4-9(13)10(14)5-8)18(2)12(19)16-11-17-15-6-20-11/h3-7H,1-2H3,(H,16,17,19). The van der Waals surface area contributed by atoms with E-state index in [0.717, 1.165) is 12.1 Å². The van der Waals surface area contributed by atoms with Crippen molar-refractivity contribution in [2.75, 3.05) is 12.4 Å². The predicted molar refractivity (Wildman–Crippen MR) is 71.5 cm³/mol. The van der Waals surface area contributed by atoms with Crippen LogP contribution in [0.15, 0.2) is 23.7 Å². The Hall–Kier alpha value is -2.09. The molecule has 106 valence electrons. The zero-order valence-corrected chi connectivity index (χ0v) is 11.6. The Morgan fingerprint density at radius 1 is 1.40 bits per heavy atom. The Morgan fingerprint density at radius 2 is 2.15 bits per heavy atom. The fourth-order valence-corrected chi connectivity index (χ4v) is 2.01. The second-order valence-corrected chi connectivity index (χ2v) is 4.97. The number of urea groups is 1. The maximum absolute atomic E-state index is 13.2. The average molecular weight is 298 g/mol. The van der Waals surface area contributed by atoms with Crippen LogP contribution >= 0.6 is 11.3 Å². The van der Waals surface area contributed by atoms with Crippen LogP contribution in [-0.4, -0.2) is 28.2 Å². The van der Waals surface area contributed by atoms with Crippen molar-refractivity contribution in [2.24, 2.45) is 0 Å². The van der Waals surface area contributed by atoms with Crippen molar-refractivity contribution in [2.45, 2.75) is 13.0 Å². The number of nitrogens with one attached hydrogen (secondary N) is 1. The highest BCUT2D eigenvalue weighted by Crippen LogP contribution is 2.21. The molecule has 0 fully saturated rings. The average Bonchev–Trinajstić information content (AvgIpc) is 2.93. The van der Waals surface area contributed by atoms with Crippen LogP contribution < -0.4 is 5.32 Å². The van der Waals surface area contributed by atoms with E-state index >= 15 is 0 Å². The van der Waals surface area contributed by atoms with E-state index < -0.39 is 23.7 Å². The lowest BCUT2D eigenvalue weighted by atomic mass is 10.1. The molecule has 20 heavy (non-hydrogen) atoms. The van der Waals surface area contributed by atoms with Crippen molar-refractivity contribution in [3.05, 3.63) is 40.9 Å². The number of rotatable bonds is 3. The minimum atomic E-state index is -0.938. The van der Waals surface area contributed by atoms with E-state index in [2.05, 4.69) is 15.5 Å². The molecule has 0 bridgehead atoms. The number of hydrogen-bond acceptors (Lipinski definition) is 4. The molecule has 2 amide bonds. The Kier molecular flexibility index (Phi) is 4.23. The van der Waals surface area contributed by atoms with Gasteiger partial charge in [-0.15, -0.1) is 10.2 Å². The highest BCUT2D eigenvalue weighted by molar-refractivity contribution is 7.13. The summed E-state index contributed by atoms with van der Waals surface area (Å²) in [5.74, 6) is -1.85. The highest BCUT2D eigenvalue weighted by Gasteiger charge is 2.19. The van der Waals surface area contributed by atoms with Crippen LogP contribution in [-0.2, 0) is 0 Å². The largest absolute Gasteiger partial charge is 0.323 e. The van der Waals surface area contributed by atoms with E-state index in [-0.39, 0.29) is 0 Å². The Bertz CT molecular complexity index is 606. The Balaban J connectivity index is 2.09. The number of amides is 2. The van der Waals surface area contributed by atoms with E-state index in [0.29, 0.717) is 10.7 Å². The number of anilines is 1. The minimum absolute atomic E-state index is 0.374. The van der Waals surface area contributed by atoms with Gasteiger partial charge in [0.1, 0.15) is 5.51 Å². The molecule has 0 aliphatic carbocycles. The molecule has 2 rings (SSSR count). The maximum atomic E-state index is 13.2. The first kappa shape index (κ1) is 14.3. The Morgan fingerprint density at radius 3 is 2.75 bits per heavy atom. The highest BCUT2D eigenvalue weighted by atomic mass is 32.1. The molecule has 1 unspecified atom stereocenters. The molecule has 0 spiro atoms. The van der Waals surface area contributed by atoms with Crippen molar-refractivity contribution in [3.63, 3.8) is 0 Å². The summed E-state index contributed by atoms with van der Waals surface area (Å²) in [5, 5.41) is 10.2. The number of carbonyl (C=O) groups is 1. The summed E-state index contributed by atoms with van der Waals surface area (Å²) in [7, 11) is 1.56.